The number of nitrogens with zero attached hydrogens (tertiary/aromatic N) is 1. The van der Waals surface area contributed by atoms with Gasteiger partial charge < -0.3 is 9.47 Å². The quantitative estimate of drug-likeness (QED) is 0.797. The number of carbonyl (C=O) groups is 2. The lowest BCUT2D eigenvalue weighted by Gasteiger charge is -2.19. The SMILES string of the molecule is COc1cc(N2C(=O)C=C(C)C2=O)c(OC)cc1Cl. The number of methoxy groups -OCH3 is 2. The topological polar surface area (TPSA) is 55.8 Å². The highest BCUT2D eigenvalue weighted by Gasteiger charge is 2.32. The zero-order valence-electron chi connectivity index (χ0n) is 10.7. The van der Waals surface area contributed by atoms with Crippen molar-refractivity contribution >= 4 is 29.1 Å². The van der Waals surface area contributed by atoms with E-state index in [1.54, 1.807) is 6.92 Å². The van der Waals surface area contributed by atoms with E-state index in [4.69, 9.17) is 21.1 Å². The smallest absolute Gasteiger partial charge is 0.261 e. The van der Waals surface area contributed by atoms with Gasteiger partial charge in [-0.05, 0) is 6.92 Å². The first kappa shape index (κ1) is 13.4. The van der Waals surface area contributed by atoms with Gasteiger partial charge in [0.05, 0.1) is 24.9 Å². The Morgan fingerprint density at radius 1 is 1.11 bits per heavy atom. The number of anilines is 1. The largest absolute Gasteiger partial charge is 0.495 e. The number of ether oxygens (including phenoxy) is 2. The molecule has 0 saturated heterocycles. The summed E-state index contributed by atoms with van der Waals surface area (Å²) in [7, 11) is 2.89. The number of benzene rings is 1. The van der Waals surface area contributed by atoms with E-state index in [0.29, 0.717) is 27.8 Å². The summed E-state index contributed by atoms with van der Waals surface area (Å²) in [4.78, 5) is 24.9. The number of imide groups is 1. The maximum absolute atomic E-state index is 12.0. The maximum atomic E-state index is 12.0. The van der Waals surface area contributed by atoms with E-state index in [-0.39, 0.29) is 5.91 Å². The minimum atomic E-state index is -0.412. The number of amides is 2. The molecule has 1 aliphatic rings. The minimum Gasteiger partial charge on any atom is -0.495 e. The van der Waals surface area contributed by atoms with Gasteiger partial charge >= 0.3 is 0 Å². The van der Waals surface area contributed by atoms with Crippen LogP contribution >= 0.6 is 11.6 Å². The van der Waals surface area contributed by atoms with E-state index in [9.17, 15) is 9.59 Å². The van der Waals surface area contributed by atoms with Crippen LogP contribution in [0.4, 0.5) is 5.69 Å². The molecule has 1 aliphatic heterocycles. The number of rotatable bonds is 3. The lowest BCUT2D eigenvalue weighted by atomic mass is 10.2. The van der Waals surface area contributed by atoms with Gasteiger partial charge in [-0.3, -0.25) is 9.59 Å². The molecule has 0 unspecified atom stereocenters. The van der Waals surface area contributed by atoms with E-state index >= 15 is 0 Å². The van der Waals surface area contributed by atoms with Gasteiger partial charge in [-0.25, -0.2) is 4.90 Å². The van der Waals surface area contributed by atoms with E-state index < -0.39 is 5.91 Å². The molecule has 19 heavy (non-hydrogen) atoms. The minimum absolute atomic E-state index is 0.312. The van der Waals surface area contributed by atoms with Crippen molar-refractivity contribution < 1.29 is 19.1 Å². The second kappa shape index (κ2) is 4.93. The maximum Gasteiger partial charge on any atom is 0.261 e. The van der Waals surface area contributed by atoms with Gasteiger partial charge in [0.1, 0.15) is 11.5 Å². The average molecular weight is 282 g/mol. The predicted molar refractivity (Wildman–Crippen MR) is 70.8 cm³/mol. The molecule has 0 spiro atoms. The molecule has 100 valence electrons. The van der Waals surface area contributed by atoms with Gasteiger partial charge in [0.25, 0.3) is 11.8 Å². The summed E-state index contributed by atoms with van der Waals surface area (Å²) in [5, 5.41) is 0.340. The number of hydrogen-bond donors (Lipinski definition) is 0. The van der Waals surface area contributed by atoms with Crippen molar-refractivity contribution in [3.05, 3.63) is 28.8 Å². The Morgan fingerprint density at radius 2 is 1.74 bits per heavy atom. The Hall–Kier alpha value is -2.01. The van der Waals surface area contributed by atoms with Crippen LogP contribution in [0, 0.1) is 0 Å². The standard InChI is InChI=1S/C13H12ClNO4/c1-7-4-12(16)15(13(7)17)9-6-10(18-2)8(14)5-11(9)19-3/h4-6H,1-3H3. The van der Waals surface area contributed by atoms with Crippen LogP contribution in [-0.4, -0.2) is 26.0 Å². The molecular formula is C13H12ClNO4. The van der Waals surface area contributed by atoms with Crippen LogP contribution in [0.25, 0.3) is 0 Å². The summed E-state index contributed by atoms with van der Waals surface area (Å²) in [6, 6.07) is 3.01. The number of halogens is 1. The normalized spacial score (nSPS) is 14.7. The monoisotopic (exact) mass is 281 g/mol. The summed E-state index contributed by atoms with van der Waals surface area (Å²) >= 11 is 5.98. The van der Waals surface area contributed by atoms with Crippen LogP contribution < -0.4 is 14.4 Å². The first-order valence-electron chi connectivity index (χ1n) is 5.47. The molecule has 0 radical (unpaired) electrons. The fourth-order valence-corrected chi connectivity index (χ4v) is 2.07. The average Bonchev–Trinajstić information content (AvgIpc) is 2.63. The molecule has 0 aliphatic carbocycles. The van der Waals surface area contributed by atoms with E-state index in [0.717, 1.165) is 4.90 Å². The van der Waals surface area contributed by atoms with Crippen molar-refractivity contribution in [1.29, 1.82) is 0 Å². The summed E-state index contributed by atoms with van der Waals surface area (Å²) in [6.07, 6.45) is 1.28. The summed E-state index contributed by atoms with van der Waals surface area (Å²) in [6.45, 7) is 1.58. The Morgan fingerprint density at radius 3 is 2.21 bits per heavy atom. The van der Waals surface area contributed by atoms with E-state index in [1.165, 1.54) is 32.4 Å². The third-order valence-electron chi connectivity index (χ3n) is 2.80. The van der Waals surface area contributed by atoms with Crippen LogP contribution in [0.15, 0.2) is 23.8 Å². The van der Waals surface area contributed by atoms with Crippen LogP contribution in [0.5, 0.6) is 11.5 Å². The Balaban J connectivity index is 2.56. The summed E-state index contributed by atoms with van der Waals surface area (Å²) in [5.74, 6) is -0.101. The van der Waals surface area contributed by atoms with Crippen LogP contribution in [0.1, 0.15) is 6.92 Å². The second-order valence-electron chi connectivity index (χ2n) is 3.96. The highest BCUT2D eigenvalue weighted by molar-refractivity contribution is 6.33. The van der Waals surface area contributed by atoms with Gasteiger partial charge in [0, 0.05) is 23.8 Å². The number of hydrogen-bond acceptors (Lipinski definition) is 4. The highest BCUT2D eigenvalue weighted by atomic mass is 35.5. The fourth-order valence-electron chi connectivity index (χ4n) is 1.84. The molecule has 6 heteroatoms. The Labute approximate surface area is 115 Å². The van der Waals surface area contributed by atoms with Gasteiger partial charge in [-0.1, -0.05) is 11.6 Å². The molecule has 0 fully saturated rings. The molecule has 2 rings (SSSR count). The van der Waals surface area contributed by atoms with Gasteiger partial charge in [-0.15, -0.1) is 0 Å². The molecule has 0 N–H and O–H groups in total. The fraction of sp³-hybridized carbons (Fsp3) is 0.231. The zero-order chi connectivity index (χ0) is 14.2. The van der Waals surface area contributed by atoms with Crippen molar-refractivity contribution in [2.24, 2.45) is 0 Å². The van der Waals surface area contributed by atoms with Crippen LogP contribution in [0.2, 0.25) is 5.02 Å². The molecule has 0 saturated carbocycles. The Kier molecular flexibility index (Phi) is 3.48. The van der Waals surface area contributed by atoms with Gasteiger partial charge in [0.2, 0.25) is 0 Å². The van der Waals surface area contributed by atoms with Crippen LogP contribution in [0.3, 0.4) is 0 Å². The Bertz CT molecular complexity index is 595. The molecule has 2 amide bonds. The van der Waals surface area contributed by atoms with Gasteiger partial charge in [0.15, 0.2) is 0 Å². The van der Waals surface area contributed by atoms with Gasteiger partial charge in [-0.2, -0.15) is 0 Å². The number of carbonyl (C=O) groups excluding carboxylic acids is 2. The first-order valence-corrected chi connectivity index (χ1v) is 5.85. The zero-order valence-corrected chi connectivity index (χ0v) is 11.4. The van der Waals surface area contributed by atoms with E-state index in [2.05, 4.69) is 0 Å². The predicted octanol–water partition coefficient (Wildman–Crippen LogP) is 2.18. The van der Waals surface area contributed by atoms with Crippen molar-refractivity contribution in [3.63, 3.8) is 0 Å². The molecule has 0 atom stereocenters. The first-order chi connectivity index (χ1) is 8.99. The molecule has 5 nitrogen and oxygen atoms in total. The van der Waals surface area contributed by atoms with Crippen molar-refractivity contribution in [1.82, 2.24) is 0 Å². The highest BCUT2D eigenvalue weighted by Crippen LogP contribution is 2.39. The third kappa shape index (κ3) is 2.17. The van der Waals surface area contributed by atoms with Crippen molar-refractivity contribution in [2.75, 3.05) is 19.1 Å². The van der Waals surface area contributed by atoms with Crippen molar-refractivity contribution in [2.45, 2.75) is 6.92 Å². The molecule has 0 bridgehead atoms. The molecule has 1 heterocycles. The lowest BCUT2D eigenvalue weighted by molar-refractivity contribution is -0.120. The molecule has 1 aromatic rings. The summed E-state index contributed by atoms with van der Waals surface area (Å²) in [5.41, 5.74) is 0.688. The third-order valence-corrected chi connectivity index (χ3v) is 3.09. The lowest BCUT2D eigenvalue weighted by Crippen LogP contribution is -2.30. The second-order valence-corrected chi connectivity index (χ2v) is 4.37. The van der Waals surface area contributed by atoms with Crippen molar-refractivity contribution in [3.8, 4) is 11.5 Å². The van der Waals surface area contributed by atoms with Crippen LogP contribution in [-0.2, 0) is 9.59 Å². The van der Waals surface area contributed by atoms with E-state index in [1.807, 2.05) is 0 Å². The summed E-state index contributed by atoms with van der Waals surface area (Å²) < 4.78 is 10.2. The molecule has 1 aromatic carbocycles. The molecular weight excluding hydrogens is 270 g/mol. The molecule has 0 aromatic heterocycles.